The molecule has 0 spiro atoms. The summed E-state index contributed by atoms with van der Waals surface area (Å²) < 4.78 is 0. The molecule has 23 N–H and O–H groups in total. The summed E-state index contributed by atoms with van der Waals surface area (Å²) in [6, 6.07) is -12.8. The van der Waals surface area contributed by atoms with Crippen molar-refractivity contribution in [2.24, 2.45) is 69.9 Å². The van der Waals surface area contributed by atoms with Crippen molar-refractivity contribution in [2.75, 3.05) is 32.7 Å². The highest BCUT2D eigenvalue weighted by atomic mass is 16.4. The molecular formula is C66H128N16O12. The van der Waals surface area contributed by atoms with Crippen LogP contribution in [-0.2, 0) is 52.7 Å². The highest BCUT2D eigenvalue weighted by Gasteiger charge is 2.37. The fourth-order valence-electron chi connectivity index (χ4n) is 10.7. The third-order valence-corrected chi connectivity index (χ3v) is 15.6. The van der Waals surface area contributed by atoms with Crippen LogP contribution in [0.15, 0.2) is 0 Å². The van der Waals surface area contributed by atoms with E-state index in [1.807, 2.05) is 83.1 Å². The van der Waals surface area contributed by atoms with Gasteiger partial charge in [0.25, 0.3) is 0 Å². The van der Waals surface area contributed by atoms with Gasteiger partial charge in [0.15, 0.2) is 0 Å². The second-order valence-corrected chi connectivity index (χ2v) is 27.8. The van der Waals surface area contributed by atoms with Crippen molar-refractivity contribution in [2.45, 2.75) is 284 Å². The maximum atomic E-state index is 14.6. The van der Waals surface area contributed by atoms with E-state index in [-0.39, 0.29) is 113 Å². The van der Waals surface area contributed by atoms with Crippen molar-refractivity contribution in [3.63, 3.8) is 0 Å². The Morgan fingerprint density at radius 2 is 0.404 bits per heavy atom. The van der Waals surface area contributed by atoms with Gasteiger partial charge in [-0.05, 0) is 203 Å². The van der Waals surface area contributed by atoms with Crippen molar-refractivity contribution in [1.82, 2.24) is 53.2 Å². The fraction of sp³-hybridized carbons (Fsp3) is 0.833. The standard InChI is InChI=1S/C66H128N16O12/c1-39(2)33-45(72)56(83)73-46(23-13-18-28-67)57(84)78-51(34-40(3)4)62(89)74-47(24-14-19-29-68)58(85)79-52(35-41(5)6)63(90)75-48(25-15-20-30-69)59(86)80-53(36-42(7)8)64(91)76-49(26-16-21-31-70)60(87)81-54(37-43(9)10)65(92)77-50(27-17-22-32-71)61(88)82-55(66(93)94)38-44(11)12/h39-55H,13-38,67-72H2,1-12H3,(H,73,83)(H,74,89)(H,75,90)(H,76,91)(H,77,92)(H,78,84)(H,79,85)(H,80,86)(H,81,87)(H,82,88)(H,93,94)/t45-,46-,47-,48-,49-,50-,51-,52-,53-,54-,55-/m0/s1. The largest absolute Gasteiger partial charge is 0.480 e. The molecule has 0 aliphatic carbocycles. The van der Waals surface area contributed by atoms with Gasteiger partial charge in [-0.25, -0.2) is 4.79 Å². The smallest absolute Gasteiger partial charge is 0.326 e. The summed E-state index contributed by atoms with van der Waals surface area (Å²) in [6.07, 6.45) is 6.33. The number of hydrogen-bond acceptors (Lipinski definition) is 17. The van der Waals surface area contributed by atoms with Gasteiger partial charge in [-0.2, -0.15) is 0 Å². The zero-order valence-electron chi connectivity index (χ0n) is 59.1. The van der Waals surface area contributed by atoms with Crippen molar-refractivity contribution in [1.29, 1.82) is 0 Å². The van der Waals surface area contributed by atoms with Gasteiger partial charge in [-0.15, -0.1) is 0 Å². The summed E-state index contributed by atoms with van der Waals surface area (Å²) in [5, 5.41) is 37.7. The highest BCUT2D eigenvalue weighted by molar-refractivity contribution is 5.99. The van der Waals surface area contributed by atoms with Crippen LogP contribution in [0.1, 0.15) is 218 Å². The minimum atomic E-state index is -1.26. The monoisotopic (exact) mass is 1340 g/mol. The molecule has 0 radical (unpaired) electrons. The summed E-state index contributed by atoms with van der Waals surface area (Å²) >= 11 is 0. The normalized spacial score (nSPS) is 15.1. The Bertz CT molecular complexity index is 2270. The maximum Gasteiger partial charge on any atom is 0.326 e. The van der Waals surface area contributed by atoms with Crippen LogP contribution in [0.5, 0.6) is 0 Å². The van der Waals surface area contributed by atoms with Gasteiger partial charge in [-0.3, -0.25) is 47.9 Å². The number of carboxylic acids is 1. The van der Waals surface area contributed by atoms with Gasteiger partial charge in [0.1, 0.15) is 60.4 Å². The van der Waals surface area contributed by atoms with Crippen molar-refractivity contribution in [3.05, 3.63) is 0 Å². The average molecular weight is 1340 g/mol. The zero-order valence-corrected chi connectivity index (χ0v) is 59.1. The van der Waals surface area contributed by atoms with Gasteiger partial charge in [-0.1, -0.05) is 83.1 Å². The lowest BCUT2D eigenvalue weighted by Crippen LogP contribution is -2.61. The Morgan fingerprint density at radius 1 is 0.245 bits per heavy atom. The van der Waals surface area contributed by atoms with E-state index in [9.17, 15) is 57.8 Å². The topological polar surface area (TPSA) is 484 Å². The summed E-state index contributed by atoms with van der Waals surface area (Å²) in [5.41, 5.74) is 35.3. The van der Waals surface area contributed by atoms with Gasteiger partial charge in [0, 0.05) is 0 Å². The Hall–Kier alpha value is -6.07. The number of rotatable bonds is 53. The second kappa shape index (κ2) is 49.5. The lowest BCUT2D eigenvalue weighted by Gasteiger charge is -2.29. The van der Waals surface area contributed by atoms with Crippen LogP contribution >= 0.6 is 0 Å². The molecular weight excluding hydrogens is 1210 g/mol. The molecule has 28 heteroatoms. The lowest BCUT2D eigenvalue weighted by molar-refractivity contribution is -0.143. The maximum absolute atomic E-state index is 14.6. The van der Waals surface area contributed by atoms with Gasteiger partial charge in [0.05, 0.1) is 6.04 Å². The van der Waals surface area contributed by atoms with Crippen molar-refractivity contribution >= 4 is 65.0 Å². The van der Waals surface area contributed by atoms with Crippen LogP contribution in [0.4, 0.5) is 0 Å². The zero-order chi connectivity index (χ0) is 71.6. The molecule has 0 bridgehead atoms. The quantitative estimate of drug-likeness (QED) is 0.0380. The van der Waals surface area contributed by atoms with E-state index in [0.29, 0.717) is 90.3 Å². The molecule has 0 saturated carbocycles. The minimum Gasteiger partial charge on any atom is -0.480 e. The van der Waals surface area contributed by atoms with Crippen LogP contribution in [0.3, 0.4) is 0 Å². The molecule has 0 aromatic rings. The first-order valence-corrected chi connectivity index (χ1v) is 34.8. The van der Waals surface area contributed by atoms with Crippen LogP contribution in [0.25, 0.3) is 0 Å². The Labute approximate surface area is 561 Å². The molecule has 0 rings (SSSR count). The molecule has 0 aromatic heterocycles. The summed E-state index contributed by atoms with van der Waals surface area (Å²) in [6.45, 7) is 23.8. The molecule has 28 nitrogen and oxygen atoms in total. The molecule has 0 aliphatic heterocycles. The Balaban J connectivity index is 7.10. The van der Waals surface area contributed by atoms with Crippen LogP contribution < -0.4 is 87.6 Å². The summed E-state index contributed by atoms with van der Waals surface area (Å²) in [7, 11) is 0. The van der Waals surface area contributed by atoms with Gasteiger partial charge < -0.3 is 92.7 Å². The first-order valence-electron chi connectivity index (χ1n) is 34.8. The molecule has 544 valence electrons. The Kier molecular flexibility index (Phi) is 46.3. The predicted octanol–water partition coefficient (Wildman–Crippen LogP) is 1.17. The van der Waals surface area contributed by atoms with E-state index in [0.717, 1.165) is 0 Å². The van der Waals surface area contributed by atoms with E-state index >= 15 is 0 Å². The molecule has 11 atom stereocenters. The second-order valence-electron chi connectivity index (χ2n) is 27.8. The lowest BCUT2D eigenvalue weighted by atomic mass is 9.99. The number of amides is 10. The molecule has 94 heavy (non-hydrogen) atoms. The first-order chi connectivity index (χ1) is 44.2. The van der Waals surface area contributed by atoms with E-state index in [2.05, 4.69) is 53.2 Å². The third kappa shape index (κ3) is 38.5. The van der Waals surface area contributed by atoms with E-state index in [1.165, 1.54) is 0 Å². The molecule has 0 heterocycles. The summed E-state index contributed by atoms with van der Waals surface area (Å²) in [4.78, 5) is 154. The molecule has 0 saturated heterocycles. The molecule has 0 fully saturated rings. The average Bonchev–Trinajstić information content (AvgIpc) is 0.926. The first kappa shape index (κ1) is 87.9. The van der Waals surface area contributed by atoms with Crippen molar-refractivity contribution in [3.8, 4) is 0 Å². The number of carboxylic acid groups (broad SMARTS) is 1. The number of aliphatic carboxylic acids is 1. The number of nitrogens with two attached hydrogens (primary N) is 6. The van der Waals surface area contributed by atoms with Crippen LogP contribution in [-0.4, -0.2) is 169 Å². The fourth-order valence-corrected chi connectivity index (χ4v) is 10.7. The van der Waals surface area contributed by atoms with Crippen LogP contribution in [0, 0.1) is 35.5 Å². The SMILES string of the molecule is CC(C)C[C@H](NC(=O)[C@H](CCCCN)NC(=O)[C@H](CC(C)C)NC(=O)[C@H](CCCCN)NC(=O)[C@H](CC(C)C)NC(=O)[C@H](CCCCN)NC(=O)[C@H](CC(C)C)NC(=O)[C@H](CCCCN)NC(=O)[C@H](CC(C)C)NC(=O)[C@H](CCCCN)NC(=O)[C@@H](N)CC(C)C)C(=O)O. The number of nitrogens with one attached hydrogen (secondary N) is 10. The molecule has 0 aliphatic rings. The van der Waals surface area contributed by atoms with Gasteiger partial charge in [0.2, 0.25) is 59.1 Å². The van der Waals surface area contributed by atoms with Crippen molar-refractivity contribution < 1.29 is 57.8 Å². The number of hydrogen-bond donors (Lipinski definition) is 17. The van der Waals surface area contributed by atoms with E-state index in [4.69, 9.17) is 34.4 Å². The third-order valence-electron chi connectivity index (χ3n) is 15.6. The number of unbranched alkanes of at least 4 members (excludes halogenated alkanes) is 5. The minimum absolute atomic E-state index is 0.0654. The Morgan fingerprint density at radius 3 is 0.585 bits per heavy atom. The summed E-state index contributed by atoms with van der Waals surface area (Å²) in [5.74, 6) is -8.59. The van der Waals surface area contributed by atoms with Gasteiger partial charge >= 0.3 is 5.97 Å². The number of carbonyl (C=O) groups is 11. The predicted molar refractivity (Wildman–Crippen MR) is 366 cm³/mol. The molecule has 10 amide bonds. The van der Waals surface area contributed by atoms with E-state index in [1.54, 1.807) is 0 Å². The van der Waals surface area contributed by atoms with Crippen LogP contribution in [0.2, 0.25) is 0 Å². The molecule has 0 aromatic carbocycles. The highest BCUT2D eigenvalue weighted by Crippen LogP contribution is 2.16. The number of carbonyl (C=O) groups excluding carboxylic acids is 10. The molecule has 0 unspecified atom stereocenters. The van der Waals surface area contributed by atoms with E-state index < -0.39 is 132 Å².